The number of hydrogen-bond donors (Lipinski definition) is 9. The molecule has 0 aromatic heterocycles. The molecule has 0 saturated heterocycles. The van der Waals surface area contributed by atoms with Crippen LogP contribution in [0.2, 0.25) is 0 Å². The summed E-state index contributed by atoms with van der Waals surface area (Å²) >= 11 is 0. The number of carbonyl (C=O) groups is 3. The van der Waals surface area contributed by atoms with E-state index in [-0.39, 0.29) is 34.7 Å². The van der Waals surface area contributed by atoms with Gasteiger partial charge >= 0.3 is 52.6 Å². The molecule has 3 rings (SSSR count). The number of aliphatic hydroxyl groups is 9. The third-order valence-corrected chi connectivity index (χ3v) is 6.20. The van der Waals surface area contributed by atoms with Crippen molar-refractivity contribution in [3.8, 4) is 0 Å². The monoisotopic (exact) mass is 816 g/mol. The third-order valence-electron chi connectivity index (χ3n) is 4.98. The quantitative estimate of drug-likeness (QED) is 0.0382. The molecule has 6 atom stereocenters. The molecule has 27 nitrogen and oxygen atoms in total. The van der Waals surface area contributed by atoms with Crippen LogP contribution in [-0.2, 0) is 55.9 Å². The Hall–Kier alpha value is -2.30. The number of hydrogen-bond acceptors (Lipinski definition) is 27. The molecule has 32 heteroatoms. The van der Waals surface area contributed by atoms with Gasteiger partial charge < -0.3 is 117 Å². The number of phosphoric ester groups is 3. The number of cyclic esters (lactones) is 3. The first-order valence-corrected chi connectivity index (χ1v) is 16.1. The van der Waals surface area contributed by atoms with Crippen molar-refractivity contribution in [2.24, 2.45) is 0 Å². The minimum Gasteiger partial charge on any atom is -0.780 e. The predicted molar refractivity (Wildman–Crippen MR) is 135 cm³/mol. The SMILES string of the molecule is O=C1O[C@H]([C@@H](O)CO)C(O)=C1OP(=O)([O-])[O-].O=C1O[C@H]([C@@H](O)CO)C(O)=C1OP(=O)([O-])[O-].O=C1O[C@H]([C@@H](O)CO)C(O)=C1OP(=O)([O-])[O-].[Al+3].[Al+3]. The molecule has 3 aliphatic rings. The van der Waals surface area contributed by atoms with Crippen molar-refractivity contribution in [2.75, 3.05) is 19.8 Å². The second-order valence-electron chi connectivity index (χ2n) is 8.49. The summed E-state index contributed by atoms with van der Waals surface area (Å²) in [4.78, 5) is 94.1. The summed E-state index contributed by atoms with van der Waals surface area (Å²) in [7, 11) is -16.6. The summed E-state index contributed by atoms with van der Waals surface area (Å²) in [5, 5.41) is 80.4. The van der Waals surface area contributed by atoms with E-state index >= 15 is 0 Å². The maximum absolute atomic E-state index is 10.9. The van der Waals surface area contributed by atoms with Gasteiger partial charge in [0.25, 0.3) is 17.3 Å². The van der Waals surface area contributed by atoms with Crippen molar-refractivity contribution < 1.29 is 131 Å². The van der Waals surface area contributed by atoms with Crippen molar-refractivity contribution in [3.05, 3.63) is 34.6 Å². The number of ether oxygens (including phenoxy) is 3. The molecule has 9 N–H and O–H groups in total. The van der Waals surface area contributed by atoms with E-state index in [1.54, 1.807) is 0 Å². The minimum atomic E-state index is -5.52. The Morgan fingerprint density at radius 3 is 0.840 bits per heavy atom. The zero-order valence-corrected chi connectivity index (χ0v) is 28.9. The molecule has 0 radical (unpaired) electrons. The molecule has 3 aliphatic heterocycles. The van der Waals surface area contributed by atoms with Crippen LogP contribution < -0.4 is 29.4 Å². The fraction of sp³-hybridized carbons (Fsp3) is 0.500. The van der Waals surface area contributed by atoms with Gasteiger partial charge in [-0.05, 0) is 0 Å². The van der Waals surface area contributed by atoms with Gasteiger partial charge in [0.15, 0.2) is 35.6 Å². The molecular weight excluding hydrogens is 795 g/mol. The zero-order chi connectivity index (χ0) is 37.5. The molecule has 0 unspecified atom stereocenters. The summed E-state index contributed by atoms with van der Waals surface area (Å²) in [5.41, 5.74) is 0. The van der Waals surface area contributed by atoms with Crippen LogP contribution in [0.1, 0.15) is 0 Å². The molecule has 0 aromatic rings. The Morgan fingerprint density at radius 2 is 0.700 bits per heavy atom. The van der Waals surface area contributed by atoms with Crippen LogP contribution in [0.15, 0.2) is 34.6 Å². The predicted octanol–water partition coefficient (Wildman–Crippen LogP) is -10.1. The van der Waals surface area contributed by atoms with E-state index in [1.165, 1.54) is 0 Å². The van der Waals surface area contributed by atoms with Crippen LogP contribution in [-0.4, -0.2) is 155 Å². The Bertz CT molecular complexity index is 1290. The number of rotatable bonds is 12. The molecule has 0 fully saturated rings. The van der Waals surface area contributed by atoms with Crippen molar-refractivity contribution in [1.29, 1.82) is 0 Å². The second kappa shape index (κ2) is 20.1. The molecule has 276 valence electrons. The Labute approximate surface area is 297 Å². The van der Waals surface area contributed by atoms with Gasteiger partial charge in [0.2, 0.25) is 0 Å². The minimum absolute atomic E-state index is 0. The van der Waals surface area contributed by atoms with E-state index in [1.807, 2.05) is 0 Å². The Morgan fingerprint density at radius 1 is 0.520 bits per heavy atom. The summed E-state index contributed by atoms with van der Waals surface area (Å²) < 4.78 is 54.5. The largest absolute Gasteiger partial charge is 3.00 e. The van der Waals surface area contributed by atoms with Gasteiger partial charge in [-0.25, -0.2) is 14.4 Å². The molecule has 0 spiro atoms. The van der Waals surface area contributed by atoms with Gasteiger partial charge in [0.1, 0.15) is 41.8 Å². The molecular formula is C18H21Al2O27P3. The average Bonchev–Trinajstić information content (AvgIpc) is 3.51. The normalized spacial score (nSPS) is 22.3. The smallest absolute Gasteiger partial charge is 0.780 e. The molecule has 3 heterocycles. The van der Waals surface area contributed by atoms with Gasteiger partial charge in [-0.15, -0.1) is 0 Å². The Balaban J connectivity index is 0. The maximum atomic E-state index is 10.9. The summed E-state index contributed by atoms with van der Waals surface area (Å²) in [5.74, 6) is -11.0. The van der Waals surface area contributed by atoms with Gasteiger partial charge in [-0.3, -0.25) is 0 Å². The number of aliphatic hydroxyl groups excluding tert-OH is 9. The molecule has 0 saturated carbocycles. The van der Waals surface area contributed by atoms with Crippen LogP contribution in [0.4, 0.5) is 0 Å². The fourth-order valence-electron chi connectivity index (χ4n) is 3.03. The molecule has 0 amide bonds. The zero-order valence-electron chi connectivity index (χ0n) is 24.0. The van der Waals surface area contributed by atoms with E-state index in [0.29, 0.717) is 0 Å². The maximum Gasteiger partial charge on any atom is 3.00 e. The van der Waals surface area contributed by atoms with E-state index in [4.69, 9.17) is 30.6 Å². The summed E-state index contributed by atoms with van der Waals surface area (Å²) in [6, 6.07) is 0. The first-order valence-electron chi connectivity index (χ1n) is 11.7. The molecule has 50 heavy (non-hydrogen) atoms. The van der Waals surface area contributed by atoms with Gasteiger partial charge in [0.05, 0.1) is 19.8 Å². The van der Waals surface area contributed by atoms with E-state index < -0.39 is 132 Å². The summed E-state index contributed by atoms with van der Waals surface area (Å²) in [6.45, 7) is -2.54. The van der Waals surface area contributed by atoms with Crippen LogP contribution in [0.25, 0.3) is 0 Å². The standard InChI is InChI=1S/3C6H9O9P.2Al/c3*7-1-2(8)4-3(9)5(6(10)14-4)15-16(11,12)13;;/h3*2,4,7-9H,1H2,(H2,11,12,13);;/q;;;2*+3/p-6/t3*2-,4+;;/m000../s1. The van der Waals surface area contributed by atoms with E-state index in [9.17, 15) is 72.8 Å². The molecule has 0 bridgehead atoms. The van der Waals surface area contributed by atoms with Crippen LogP contribution in [0, 0.1) is 0 Å². The third kappa shape index (κ3) is 14.7. The van der Waals surface area contributed by atoms with Crippen molar-refractivity contribution >= 4 is 76.1 Å². The average molecular weight is 816 g/mol. The van der Waals surface area contributed by atoms with Crippen LogP contribution >= 0.6 is 23.5 Å². The Kier molecular flexibility index (Phi) is 20.0. The second-order valence-corrected chi connectivity index (χ2v) is 11.7. The van der Waals surface area contributed by atoms with Gasteiger partial charge in [-0.2, -0.15) is 0 Å². The van der Waals surface area contributed by atoms with Gasteiger partial charge in [0, 0.05) is 0 Å². The van der Waals surface area contributed by atoms with Crippen LogP contribution in [0.3, 0.4) is 0 Å². The van der Waals surface area contributed by atoms with Crippen LogP contribution in [0.5, 0.6) is 0 Å². The molecule has 0 aliphatic carbocycles. The number of phosphoric acid groups is 3. The van der Waals surface area contributed by atoms with Crippen molar-refractivity contribution in [3.63, 3.8) is 0 Å². The van der Waals surface area contributed by atoms with Crippen molar-refractivity contribution in [2.45, 2.75) is 36.6 Å². The number of esters is 3. The van der Waals surface area contributed by atoms with Gasteiger partial charge in [-0.1, -0.05) is 0 Å². The first kappa shape index (κ1) is 49.8. The topological polar surface area (TPSA) is 478 Å². The first-order chi connectivity index (χ1) is 21.8. The van der Waals surface area contributed by atoms with Crippen molar-refractivity contribution in [1.82, 2.24) is 0 Å². The fourth-order valence-corrected chi connectivity index (χ4v) is 4.21. The number of carbonyl (C=O) groups excluding carboxylic acids is 3. The summed E-state index contributed by atoms with van der Waals surface area (Å²) in [6.07, 6.45) is -9.91. The van der Waals surface area contributed by atoms with E-state index in [2.05, 4.69) is 27.8 Å². The molecule has 0 aromatic carbocycles. The van der Waals surface area contributed by atoms with E-state index in [0.717, 1.165) is 0 Å².